The van der Waals surface area contributed by atoms with Crippen LogP contribution in [0.25, 0.3) is 10.4 Å². The van der Waals surface area contributed by atoms with Crippen LogP contribution in [0.15, 0.2) is 65.6 Å². The number of hydrogen-bond acceptors (Lipinski definition) is 3. The number of rotatable bonds is 3. The van der Waals surface area contributed by atoms with Gasteiger partial charge in [0.15, 0.2) is 0 Å². The Morgan fingerprint density at radius 2 is 1.83 bits per heavy atom. The molecule has 0 saturated heterocycles. The predicted molar refractivity (Wildman–Crippen MR) is 102 cm³/mol. The van der Waals surface area contributed by atoms with Crippen LogP contribution in [-0.4, -0.2) is 17.9 Å². The molecule has 0 fully saturated rings. The van der Waals surface area contributed by atoms with Gasteiger partial charge in [-0.05, 0) is 23.3 Å². The molecular formula is C20H17NOS2. The van der Waals surface area contributed by atoms with Crippen LogP contribution in [0.2, 0.25) is 0 Å². The Labute approximate surface area is 150 Å². The van der Waals surface area contributed by atoms with Gasteiger partial charge in [0.2, 0.25) is 0 Å². The molecule has 4 heteroatoms. The Hall–Kier alpha value is -2.04. The van der Waals surface area contributed by atoms with Gasteiger partial charge in [-0.2, -0.15) is 0 Å². The Kier molecular flexibility index (Phi) is 4.17. The first-order valence-corrected chi connectivity index (χ1v) is 9.67. The predicted octanol–water partition coefficient (Wildman–Crippen LogP) is 5.29. The van der Waals surface area contributed by atoms with E-state index in [0.717, 1.165) is 16.2 Å². The van der Waals surface area contributed by atoms with E-state index < -0.39 is 0 Å². The van der Waals surface area contributed by atoms with Crippen molar-refractivity contribution in [2.24, 2.45) is 0 Å². The first kappa shape index (κ1) is 15.5. The summed E-state index contributed by atoms with van der Waals surface area (Å²) in [5, 5.41) is 0. The van der Waals surface area contributed by atoms with Gasteiger partial charge >= 0.3 is 0 Å². The molecule has 0 radical (unpaired) electrons. The summed E-state index contributed by atoms with van der Waals surface area (Å²) in [6.45, 7) is 0.633. The van der Waals surface area contributed by atoms with Crippen molar-refractivity contribution in [2.75, 3.05) is 7.05 Å². The molecule has 4 rings (SSSR count). The number of thioether (sulfide) groups is 1. The van der Waals surface area contributed by atoms with Gasteiger partial charge in [0, 0.05) is 34.7 Å². The lowest BCUT2D eigenvalue weighted by molar-refractivity contribution is 0.0790. The molecule has 1 aliphatic rings. The molecule has 0 N–H and O–H groups in total. The molecule has 0 aliphatic carbocycles. The van der Waals surface area contributed by atoms with E-state index in [0.29, 0.717) is 6.54 Å². The average molecular weight is 351 g/mol. The van der Waals surface area contributed by atoms with E-state index in [4.69, 9.17) is 0 Å². The summed E-state index contributed by atoms with van der Waals surface area (Å²) < 4.78 is 0. The minimum absolute atomic E-state index is 0.0979. The van der Waals surface area contributed by atoms with Crippen LogP contribution in [0.5, 0.6) is 0 Å². The maximum absolute atomic E-state index is 12.8. The van der Waals surface area contributed by atoms with Gasteiger partial charge in [0.1, 0.15) is 0 Å². The highest BCUT2D eigenvalue weighted by molar-refractivity contribution is 7.98. The van der Waals surface area contributed by atoms with Crippen LogP contribution in [0, 0.1) is 0 Å². The Balaban J connectivity index is 1.60. The highest BCUT2D eigenvalue weighted by Crippen LogP contribution is 2.45. The summed E-state index contributed by atoms with van der Waals surface area (Å²) in [6.07, 6.45) is 0. The van der Waals surface area contributed by atoms with Gasteiger partial charge < -0.3 is 4.90 Å². The molecule has 1 aliphatic heterocycles. The quantitative estimate of drug-likeness (QED) is 0.639. The molecular weight excluding hydrogens is 334 g/mol. The van der Waals surface area contributed by atoms with Gasteiger partial charge in [-0.3, -0.25) is 4.79 Å². The minimum Gasteiger partial charge on any atom is -0.337 e. The summed E-state index contributed by atoms with van der Waals surface area (Å²) in [5.74, 6) is 1.04. The molecule has 0 bridgehead atoms. The molecule has 1 aromatic heterocycles. The molecule has 2 heterocycles. The number of carbonyl (C=O) groups excluding carboxylic acids is 1. The smallest absolute Gasteiger partial charge is 0.263 e. The average Bonchev–Trinajstić information content (AvgIpc) is 3.06. The van der Waals surface area contributed by atoms with Gasteiger partial charge in [0.25, 0.3) is 5.91 Å². The Bertz CT molecular complexity index is 886. The number of nitrogens with zero attached hydrogens (tertiary/aromatic N) is 1. The maximum Gasteiger partial charge on any atom is 0.263 e. The van der Waals surface area contributed by atoms with Crippen LogP contribution in [0.3, 0.4) is 0 Å². The van der Waals surface area contributed by atoms with Crippen LogP contribution in [-0.2, 0) is 12.3 Å². The van der Waals surface area contributed by atoms with Crippen LogP contribution >= 0.6 is 23.1 Å². The van der Waals surface area contributed by atoms with Crippen LogP contribution < -0.4 is 0 Å². The van der Waals surface area contributed by atoms with E-state index >= 15 is 0 Å². The third kappa shape index (κ3) is 2.87. The monoisotopic (exact) mass is 351 g/mol. The van der Waals surface area contributed by atoms with Crippen molar-refractivity contribution >= 4 is 29.0 Å². The second-order valence-electron chi connectivity index (χ2n) is 5.90. The molecule has 24 heavy (non-hydrogen) atoms. The molecule has 2 aromatic carbocycles. The zero-order chi connectivity index (χ0) is 16.5. The molecule has 2 nitrogen and oxygen atoms in total. The van der Waals surface area contributed by atoms with E-state index in [9.17, 15) is 4.79 Å². The summed E-state index contributed by atoms with van der Waals surface area (Å²) in [6, 6.07) is 20.6. The summed E-state index contributed by atoms with van der Waals surface area (Å²) in [4.78, 5) is 18.0. The van der Waals surface area contributed by atoms with Gasteiger partial charge in [0.05, 0.1) is 4.88 Å². The largest absolute Gasteiger partial charge is 0.337 e. The summed E-state index contributed by atoms with van der Waals surface area (Å²) in [7, 11) is 1.87. The Morgan fingerprint density at radius 1 is 1.08 bits per heavy atom. The first-order valence-electron chi connectivity index (χ1n) is 7.86. The molecule has 1 amide bonds. The molecule has 0 unspecified atom stereocenters. The fraction of sp³-hybridized carbons (Fsp3) is 0.150. The van der Waals surface area contributed by atoms with Gasteiger partial charge in [-0.15, -0.1) is 23.1 Å². The zero-order valence-electron chi connectivity index (χ0n) is 13.4. The number of amides is 1. The highest BCUT2D eigenvalue weighted by Gasteiger charge is 2.23. The van der Waals surface area contributed by atoms with Crippen molar-refractivity contribution in [3.05, 3.63) is 76.7 Å². The molecule has 120 valence electrons. The first-order chi connectivity index (χ1) is 11.7. The van der Waals surface area contributed by atoms with E-state index in [-0.39, 0.29) is 5.91 Å². The zero-order valence-corrected chi connectivity index (χ0v) is 15.0. The summed E-state index contributed by atoms with van der Waals surface area (Å²) in [5.41, 5.74) is 3.69. The molecule has 0 spiro atoms. The SMILES string of the molecule is CN(Cc1ccccc1)C(=O)c1cc2c(s1)-c1ccccc1SC2. The van der Waals surface area contributed by atoms with Crippen LogP contribution in [0.4, 0.5) is 0 Å². The van der Waals surface area contributed by atoms with Gasteiger partial charge in [-0.1, -0.05) is 48.5 Å². The van der Waals surface area contributed by atoms with Crippen molar-refractivity contribution in [2.45, 2.75) is 17.2 Å². The fourth-order valence-corrected chi connectivity index (χ4v) is 5.33. The number of carbonyl (C=O) groups is 1. The molecule has 0 saturated carbocycles. The lowest BCUT2D eigenvalue weighted by Crippen LogP contribution is -2.25. The number of hydrogen-bond donors (Lipinski definition) is 0. The number of benzene rings is 2. The maximum atomic E-state index is 12.8. The topological polar surface area (TPSA) is 20.3 Å². The third-order valence-electron chi connectivity index (χ3n) is 4.14. The van der Waals surface area contributed by atoms with E-state index in [1.54, 1.807) is 16.2 Å². The lowest BCUT2D eigenvalue weighted by atomic mass is 10.1. The van der Waals surface area contributed by atoms with E-state index in [2.05, 4.69) is 42.5 Å². The standard InChI is InChI=1S/C20H17NOS2/c1-21(12-14-7-3-2-4-8-14)20(22)18-11-15-13-23-17-10-6-5-9-16(17)19(15)24-18/h2-11H,12-13H2,1H3. The number of fused-ring (bicyclic) bond motifs is 3. The minimum atomic E-state index is 0.0979. The molecule has 3 aromatic rings. The second-order valence-corrected chi connectivity index (χ2v) is 7.97. The highest BCUT2D eigenvalue weighted by atomic mass is 32.2. The summed E-state index contributed by atoms with van der Waals surface area (Å²) >= 11 is 3.47. The Morgan fingerprint density at radius 3 is 2.67 bits per heavy atom. The normalized spacial score (nSPS) is 12.4. The molecule has 0 atom stereocenters. The fourth-order valence-electron chi connectivity index (χ4n) is 2.92. The van der Waals surface area contributed by atoms with E-state index in [1.165, 1.54) is 20.9 Å². The second kappa shape index (κ2) is 6.46. The van der Waals surface area contributed by atoms with Crippen LogP contribution in [0.1, 0.15) is 20.8 Å². The third-order valence-corrected chi connectivity index (χ3v) is 6.46. The lowest BCUT2D eigenvalue weighted by Gasteiger charge is -2.16. The van der Waals surface area contributed by atoms with Crippen molar-refractivity contribution in [3.63, 3.8) is 0 Å². The van der Waals surface area contributed by atoms with Crippen molar-refractivity contribution < 1.29 is 4.79 Å². The number of thiophene rings is 1. The van der Waals surface area contributed by atoms with Gasteiger partial charge in [-0.25, -0.2) is 0 Å². The van der Waals surface area contributed by atoms with Crippen molar-refractivity contribution in [1.82, 2.24) is 4.90 Å². The van der Waals surface area contributed by atoms with Crippen molar-refractivity contribution in [3.8, 4) is 10.4 Å². The van der Waals surface area contributed by atoms with Crippen molar-refractivity contribution in [1.29, 1.82) is 0 Å². The van der Waals surface area contributed by atoms with E-state index in [1.807, 2.05) is 37.0 Å².